The second-order valence-electron chi connectivity index (χ2n) is 3.03. The number of thiazole rings is 1. The number of benzene rings is 1. The highest BCUT2D eigenvalue weighted by Gasteiger charge is 2.35. The zero-order valence-corrected chi connectivity index (χ0v) is 9.77. The number of nitro groups is 1. The summed E-state index contributed by atoms with van der Waals surface area (Å²) in [5.74, 6) is -0.889. The Morgan fingerprint density at radius 1 is 1.44 bits per heavy atom. The van der Waals surface area contributed by atoms with Crippen LogP contribution in [-0.4, -0.2) is 16.3 Å². The SMILES string of the molecule is O=[N+]([O-])c1c(OC(F)(F)F)ccc2nc(Cl)sc12. The fourth-order valence-corrected chi connectivity index (χ4v) is 2.44. The van der Waals surface area contributed by atoms with Crippen LogP contribution in [0.4, 0.5) is 18.9 Å². The van der Waals surface area contributed by atoms with Gasteiger partial charge >= 0.3 is 12.0 Å². The van der Waals surface area contributed by atoms with Gasteiger partial charge in [-0.1, -0.05) is 22.9 Å². The van der Waals surface area contributed by atoms with Crippen molar-refractivity contribution < 1.29 is 22.8 Å². The van der Waals surface area contributed by atoms with E-state index in [1.807, 2.05) is 0 Å². The quantitative estimate of drug-likeness (QED) is 0.625. The molecule has 2 rings (SSSR count). The molecular formula is C8H2ClF3N2O3S. The summed E-state index contributed by atoms with van der Waals surface area (Å²) in [6, 6.07) is 2.01. The number of nitro benzene ring substituents is 1. The van der Waals surface area contributed by atoms with Crippen LogP contribution < -0.4 is 4.74 Å². The third-order valence-corrected chi connectivity index (χ3v) is 3.06. The predicted molar refractivity (Wildman–Crippen MR) is 58.0 cm³/mol. The lowest BCUT2D eigenvalue weighted by molar-refractivity contribution is -0.386. The minimum Gasteiger partial charge on any atom is -0.398 e. The van der Waals surface area contributed by atoms with E-state index in [-0.39, 0.29) is 14.7 Å². The average molecular weight is 299 g/mol. The molecule has 0 atom stereocenters. The van der Waals surface area contributed by atoms with Gasteiger partial charge in [0.2, 0.25) is 5.75 Å². The van der Waals surface area contributed by atoms with Crippen LogP contribution in [-0.2, 0) is 0 Å². The predicted octanol–water partition coefficient (Wildman–Crippen LogP) is 3.76. The van der Waals surface area contributed by atoms with Crippen LogP contribution in [0.15, 0.2) is 12.1 Å². The Balaban J connectivity index is 2.66. The van der Waals surface area contributed by atoms with Gasteiger partial charge in [0, 0.05) is 0 Å². The maximum atomic E-state index is 12.1. The fourth-order valence-electron chi connectivity index (χ4n) is 1.31. The molecule has 0 aliphatic heterocycles. The molecule has 0 saturated heterocycles. The maximum Gasteiger partial charge on any atom is 0.573 e. The van der Waals surface area contributed by atoms with Gasteiger partial charge in [-0.25, -0.2) is 4.98 Å². The van der Waals surface area contributed by atoms with Crippen molar-refractivity contribution >= 4 is 38.8 Å². The maximum absolute atomic E-state index is 12.1. The van der Waals surface area contributed by atoms with E-state index in [0.717, 1.165) is 6.07 Å². The Morgan fingerprint density at radius 3 is 2.67 bits per heavy atom. The van der Waals surface area contributed by atoms with Crippen molar-refractivity contribution in [3.8, 4) is 5.75 Å². The molecule has 0 amide bonds. The van der Waals surface area contributed by atoms with Crippen LogP contribution in [0.25, 0.3) is 10.2 Å². The van der Waals surface area contributed by atoms with E-state index in [9.17, 15) is 23.3 Å². The lowest BCUT2D eigenvalue weighted by Crippen LogP contribution is -2.17. The van der Waals surface area contributed by atoms with Gasteiger partial charge in [-0.05, 0) is 12.1 Å². The lowest BCUT2D eigenvalue weighted by Gasteiger charge is -2.08. The molecule has 0 saturated carbocycles. The van der Waals surface area contributed by atoms with Gasteiger partial charge in [0.1, 0.15) is 4.70 Å². The van der Waals surface area contributed by atoms with E-state index in [2.05, 4.69) is 9.72 Å². The summed E-state index contributed by atoms with van der Waals surface area (Å²) in [5.41, 5.74) is -0.652. The Hall–Kier alpha value is -1.61. The van der Waals surface area contributed by atoms with Gasteiger partial charge in [0.05, 0.1) is 10.4 Å². The van der Waals surface area contributed by atoms with Gasteiger partial charge in [-0.2, -0.15) is 0 Å². The molecule has 10 heteroatoms. The first-order valence-electron chi connectivity index (χ1n) is 4.27. The average Bonchev–Trinajstić information content (AvgIpc) is 2.54. The third-order valence-electron chi connectivity index (χ3n) is 1.88. The summed E-state index contributed by atoms with van der Waals surface area (Å²) in [5, 5.41) is 10.8. The first kappa shape index (κ1) is 12.8. The Morgan fingerprint density at radius 2 is 2.11 bits per heavy atom. The summed E-state index contributed by atoms with van der Waals surface area (Å²) in [7, 11) is 0. The normalized spacial score (nSPS) is 11.8. The standard InChI is InChI=1S/C8H2ClF3N2O3S/c9-7-13-3-1-2-4(17-8(10,11)12)5(14(15)16)6(3)18-7/h1-2H. The van der Waals surface area contributed by atoms with E-state index < -0.39 is 22.7 Å². The summed E-state index contributed by atoms with van der Waals surface area (Å²) < 4.78 is 39.9. The number of rotatable bonds is 2. The van der Waals surface area contributed by atoms with Gasteiger partial charge < -0.3 is 4.74 Å². The number of halogens is 4. The summed E-state index contributed by atoms with van der Waals surface area (Å²) in [4.78, 5) is 13.6. The summed E-state index contributed by atoms with van der Waals surface area (Å²) in [6.07, 6.45) is -5.01. The van der Waals surface area contributed by atoms with E-state index in [1.54, 1.807) is 0 Å². The molecule has 18 heavy (non-hydrogen) atoms. The van der Waals surface area contributed by atoms with E-state index in [1.165, 1.54) is 6.07 Å². The first-order chi connectivity index (χ1) is 8.28. The number of nitrogens with zero attached hydrogens (tertiary/aromatic N) is 2. The molecule has 1 aromatic carbocycles. The Kier molecular flexibility index (Phi) is 3.03. The minimum absolute atomic E-state index is 0.00254. The molecule has 0 N–H and O–H groups in total. The molecule has 96 valence electrons. The molecule has 1 aromatic heterocycles. The van der Waals surface area contributed by atoms with Crippen LogP contribution in [0.5, 0.6) is 5.75 Å². The van der Waals surface area contributed by atoms with Gasteiger partial charge in [-0.15, -0.1) is 13.2 Å². The van der Waals surface area contributed by atoms with Gasteiger partial charge in [0.25, 0.3) is 0 Å². The molecule has 0 bridgehead atoms. The molecule has 0 aliphatic carbocycles. The molecular weight excluding hydrogens is 297 g/mol. The molecule has 0 radical (unpaired) electrons. The van der Waals surface area contributed by atoms with Gasteiger partial charge in [0.15, 0.2) is 4.47 Å². The summed E-state index contributed by atoms with van der Waals surface area (Å²) >= 11 is 6.28. The monoisotopic (exact) mass is 298 g/mol. The minimum atomic E-state index is -5.01. The van der Waals surface area contributed by atoms with Gasteiger partial charge in [-0.3, -0.25) is 10.1 Å². The van der Waals surface area contributed by atoms with Crippen molar-refractivity contribution in [1.29, 1.82) is 0 Å². The fraction of sp³-hybridized carbons (Fsp3) is 0.125. The summed E-state index contributed by atoms with van der Waals surface area (Å²) in [6.45, 7) is 0. The van der Waals surface area contributed by atoms with E-state index in [4.69, 9.17) is 11.6 Å². The Bertz CT molecular complexity index is 628. The molecule has 0 fully saturated rings. The first-order valence-corrected chi connectivity index (χ1v) is 5.46. The molecule has 0 aliphatic rings. The smallest absolute Gasteiger partial charge is 0.398 e. The van der Waals surface area contributed by atoms with Crippen molar-refractivity contribution in [1.82, 2.24) is 4.98 Å². The second kappa shape index (κ2) is 4.25. The molecule has 5 nitrogen and oxygen atoms in total. The number of alkyl halides is 3. The molecule has 0 spiro atoms. The third kappa shape index (κ3) is 2.46. The van der Waals surface area contributed by atoms with Crippen LogP contribution >= 0.6 is 22.9 Å². The molecule has 0 unspecified atom stereocenters. The van der Waals surface area contributed by atoms with Crippen LogP contribution in [0.2, 0.25) is 4.47 Å². The van der Waals surface area contributed by atoms with E-state index in [0.29, 0.717) is 11.3 Å². The zero-order chi connectivity index (χ0) is 13.5. The Labute approximate surface area is 106 Å². The highest BCUT2D eigenvalue weighted by Crippen LogP contribution is 2.41. The van der Waals surface area contributed by atoms with Crippen LogP contribution in [0.3, 0.4) is 0 Å². The van der Waals surface area contributed by atoms with Crippen molar-refractivity contribution in [2.75, 3.05) is 0 Å². The van der Waals surface area contributed by atoms with Crippen LogP contribution in [0.1, 0.15) is 0 Å². The topological polar surface area (TPSA) is 65.3 Å². The number of fused-ring (bicyclic) bond motifs is 1. The zero-order valence-electron chi connectivity index (χ0n) is 8.19. The van der Waals surface area contributed by atoms with Crippen molar-refractivity contribution in [3.63, 3.8) is 0 Å². The van der Waals surface area contributed by atoms with Crippen molar-refractivity contribution in [2.24, 2.45) is 0 Å². The van der Waals surface area contributed by atoms with Crippen molar-refractivity contribution in [2.45, 2.75) is 6.36 Å². The molecule has 2 aromatic rings. The van der Waals surface area contributed by atoms with E-state index >= 15 is 0 Å². The largest absolute Gasteiger partial charge is 0.573 e. The van der Waals surface area contributed by atoms with Crippen LogP contribution in [0, 0.1) is 10.1 Å². The highest BCUT2D eigenvalue weighted by atomic mass is 35.5. The number of hydrogen-bond donors (Lipinski definition) is 0. The highest BCUT2D eigenvalue weighted by molar-refractivity contribution is 7.22. The second-order valence-corrected chi connectivity index (χ2v) is 4.61. The number of aromatic nitrogens is 1. The number of ether oxygens (including phenoxy) is 1. The lowest BCUT2D eigenvalue weighted by atomic mass is 10.3. The van der Waals surface area contributed by atoms with Crippen molar-refractivity contribution in [3.05, 3.63) is 26.7 Å². The number of hydrogen-bond acceptors (Lipinski definition) is 5. The molecule has 1 heterocycles.